The first-order chi connectivity index (χ1) is 8.67. The number of hydrogen-bond donors (Lipinski definition) is 1. The highest BCUT2D eigenvalue weighted by molar-refractivity contribution is 5.88. The second-order valence-electron chi connectivity index (χ2n) is 3.71. The van der Waals surface area contributed by atoms with E-state index in [1.807, 2.05) is 0 Å². The number of carbonyl (C=O) groups is 2. The van der Waals surface area contributed by atoms with Crippen molar-refractivity contribution >= 4 is 11.9 Å². The molecular weight excluding hydrogens is 238 g/mol. The first-order valence-electron chi connectivity index (χ1n) is 5.62. The fourth-order valence-corrected chi connectivity index (χ4v) is 1.50. The van der Waals surface area contributed by atoms with Gasteiger partial charge in [0, 0.05) is 6.42 Å². The maximum absolute atomic E-state index is 11.6. The minimum Gasteiger partial charge on any atom is -0.498 e. The van der Waals surface area contributed by atoms with E-state index in [-0.39, 0.29) is 19.1 Å². The van der Waals surface area contributed by atoms with Gasteiger partial charge in [-0.2, -0.15) is 0 Å². The van der Waals surface area contributed by atoms with Crippen LogP contribution in [-0.4, -0.2) is 37.2 Å². The fraction of sp³-hybridized carbons (Fsp3) is 0.500. The van der Waals surface area contributed by atoms with Gasteiger partial charge in [0.15, 0.2) is 6.10 Å². The summed E-state index contributed by atoms with van der Waals surface area (Å²) in [5.41, 5.74) is 0. The van der Waals surface area contributed by atoms with Gasteiger partial charge in [-0.25, -0.2) is 4.79 Å². The van der Waals surface area contributed by atoms with Crippen molar-refractivity contribution in [3.8, 4) is 0 Å². The first-order valence-corrected chi connectivity index (χ1v) is 5.62. The average Bonchev–Trinajstić information content (AvgIpc) is 2.79. The van der Waals surface area contributed by atoms with Gasteiger partial charge in [-0.05, 0) is 6.42 Å². The number of carbonyl (C=O) groups excluding carboxylic acids is 2. The molecule has 2 unspecified atom stereocenters. The van der Waals surface area contributed by atoms with Crippen molar-refractivity contribution in [3.05, 3.63) is 25.7 Å². The van der Waals surface area contributed by atoms with Gasteiger partial charge in [0.05, 0.1) is 12.5 Å². The van der Waals surface area contributed by atoms with Gasteiger partial charge in [0.2, 0.25) is 5.91 Å². The Morgan fingerprint density at radius 1 is 1.44 bits per heavy atom. The summed E-state index contributed by atoms with van der Waals surface area (Å²) in [5, 5.41) is 2.53. The van der Waals surface area contributed by atoms with Crippen molar-refractivity contribution in [1.82, 2.24) is 5.32 Å². The van der Waals surface area contributed by atoms with Crippen LogP contribution in [0.2, 0.25) is 0 Å². The highest BCUT2D eigenvalue weighted by atomic mass is 16.6. The van der Waals surface area contributed by atoms with Crippen molar-refractivity contribution in [2.75, 3.05) is 13.2 Å². The van der Waals surface area contributed by atoms with Crippen LogP contribution in [0.25, 0.3) is 0 Å². The van der Waals surface area contributed by atoms with Crippen molar-refractivity contribution in [3.63, 3.8) is 0 Å². The smallest absolute Gasteiger partial charge is 0.328 e. The van der Waals surface area contributed by atoms with Gasteiger partial charge < -0.3 is 19.5 Å². The van der Waals surface area contributed by atoms with Crippen LogP contribution in [0.5, 0.6) is 0 Å². The molecule has 1 saturated heterocycles. The molecule has 1 aliphatic heterocycles. The highest BCUT2D eigenvalue weighted by Gasteiger charge is 2.29. The van der Waals surface area contributed by atoms with Crippen molar-refractivity contribution in [2.24, 2.45) is 0 Å². The molecule has 0 aromatic carbocycles. The van der Waals surface area contributed by atoms with E-state index in [2.05, 4.69) is 18.5 Å². The van der Waals surface area contributed by atoms with E-state index in [4.69, 9.17) is 14.2 Å². The predicted octanol–water partition coefficient (Wildman–Crippen LogP) is 0.497. The zero-order valence-corrected chi connectivity index (χ0v) is 10.1. The molecule has 1 rings (SSSR count). The molecular formula is C12H17NO5. The molecule has 0 saturated carbocycles. The number of rotatable bonds is 8. The Hall–Kier alpha value is -1.98. The van der Waals surface area contributed by atoms with E-state index in [0.717, 1.165) is 0 Å². The minimum atomic E-state index is -0.554. The Morgan fingerprint density at radius 2 is 2.22 bits per heavy atom. The van der Waals surface area contributed by atoms with E-state index in [1.165, 1.54) is 12.5 Å². The maximum atomic E-state index is 11.6. The lowest BCUT2D eigenvalue weighted by Gasteiger charge is -2.17. The largest absolute Gasteiger partial charge is 0.498 e. The standard InChI is InChI=1S/C12H17NO5/c1-3-16-7-9(17-4-2)8-18-12(15)10-5-6-11(14)13-10/h3-4,9-10H,1-2,5-8H2,(H,13,14). The summed E-state index contributed by atoms with van der Waals surface area (Å²) in [4.78, 5) is 22.5. The molecule has 100 valence electrons. The molecule has 0 spiro atoms. The third-order valence-corrected chi connectivity index (χ3v) is 2.38. The van der Waals surface area contributed by atoms with E-state index in [0.29, 0.717) is 12.8 Å². The summed E-state index contributed by atoms with van der Waals surface area (Å²) in [6.07, 6.45) is 2.90. The lowest BCUT2D eigenvalue weighted by atomic mass is 10.2. The molecule has 6 heteroatoms. The maximum Gasteiger partial charge on any atom is 0.328 e. The molecule has 0 radical (unpaired) electrons. The Balaban J connectivity index is 2.31. The molecule has 6 nitrogen and oxygen atoms in total. The number of esters is 1. The molecule has 1 amide bonds. The zero-order chi connectivity index (χ0) is 13.4. The van der Waals surface area contributed by atoms with Crippen LogP contribution in [0, 0.1) is 0 Å². The molecule has 0 aromatic rings. The third-order valence-electron chi connectivity index (χ3n) is 2.38. The highest BCUT2D eigenvalue weighted by Crippen LogP contribution is 2.08. The second-order valence-corrected chi connectivity index (χ2v) is 3.71. The van der Waals surface area contributed by atoms with Crippen LogP contribution in [0.3, 0.4) is 0 Å². The summed E-state index contributed by atoms with van der Waals surface area (Å²) in [7, 11) is 0. The Labute approximate surface area is 106 Å². The number of hydrogen-bond acceptors (Lipinski definition) is 5. The monoisotopic (exact) mass is 255 g/mol. The molecule has 1 heterocycles. The summed E-state index contributed by atoms with van der Waals surface area (Å²) >= 11 is 0. The van der Waals surface area contributed by atoms with E-state index < -0.39 is 18.1 Å². The van der Waals surface area contributed by atoms with E-state index in [9.17, 15) is 9.59 Å². The number of nitrogens with one attached hydrogen (secondary N) is 1. The molecule has 0 aliphatic carbocycles. The van der Waals surface area contributed by atoms with E-state index >= 15 is 0 Å². The molecule has 1 fully saturated rings. The summed E-state index contributed by atoms with van der Waals surface area (Å²) in [5.74, 6) is -0.594. The lowest BCUT2D eigenvalue weighted by molar-refractivity contribution is -0.150. The normalized spacial score (nSPS) is 19.6. The molecule has 0 bridgehead atoms. The van der Waals surface area contributed by atoms with Gasteiger partial charge in [0.1, 0.15) is 19.3 Å². The van der Waals surface area contributed by atoms with Gasteiger partial charge in [-0.1, -0.05) is 13.2 Å². The number of ether oxygens (including phenoxy) is 3. The van der Waals surface area contributed by atoms with Gasteiger partial charge >= 0.3 is 5.97 Å². The van der Waals surface area contributed by atoms with Gasteiger partial charge in [-0.3, -0.25) is 4.79 Å². The lowest BCUT2D eigenvalue weighted by Crippen LogP contribution is -2.36. The SMILES string of the molecule is C=COCC(COC(=O)C1CCC(=O)N1)OC=C. The molecule has 18 heavy (non-hydrogen) atoms. The van der Waals surface area contributed by atoms with Crippen molar-refractivity contribution < 1.29 is 23.8 Å². The van der Waals surface area contributed by atoms with Crippen LogP contribution in [0.4, 0.5) is 0 Å². The molecule has 0 aromatic heterocycles. The predicted molar refractivity (Wildman–Crippen MR) is 63.3 cm³/mol. The number of amides is 1. The average molecular weight is 255 g/mol. The first kappa shape index (κ1) is 14.1. The molecule has 2 atom stereocenters. The Morgan fingerprint density at radius 3 is 2.78 bits per heavy atom. The van der Waals surface area contributed by atoms with Gasteiger partial charge in [-0.15, -0.1) is 0 Å². The van der Waals surface area contributed by atoms with Crippen LogP contribution in [0.15, 0.2) is 25.7 Å². The van der Waals surface area contributed by atoms with Crippen LogP contribution in [-0.2, 0) is 23.8 Å². The molecule has 1 N–H and O–H groups in total. The van der Waals surface area contributed by atoms with Crippen molar-refractivity contribution in [2.45, 2.75) is 25.0 Å². The quantitative estimate of drug-likeness (QED) is 0.505. The third kappa shape index (κ3) is 4.48. The van der Waals surface area contributed by atoms with E-state index in [1.54, 1.807) is 0 Å². The van der Waals surface area contributed by atoms with Crippen LogP contribution >= 0.6 is 0 Å². The van der Waals surface area contributed by atoms with Crippen LogP contribution in [0.1, 0.15) is 12.8 Å². The fourth-order valence-electron chi connectivity index (χ4n) is 1.50. The van der Waals surface area contributed by atoms with Crippen LogP contribution < -0.4 is 5.32 Å². The zero-order valence-electron chi connectivity index (χ0n) is 10.1. The topological polar surface area (TPSA) is 73.9 Å². The Kier molecular flexibility index (Phi) is 5.76. The van der Waals surface area contributed by atoms with Crippen molar-refractivity contribution in [1.29, 1.82) is 0 Å². The summed E-state index contributed by atoms with van der Waals surface area (Å²) in [6, 6.07) is -0.554. The van der Waals surface area contributed by atoms with Gasteiger partial charge in [0.25, 0.3) is 0 Å². The minimum absolute atomic E-state index is 0.0328. The molecule has 1 aliphatic rings. The summed E-state index contributed by atoms with van der Waals surface area (Å²) < 4.78 is 15.1. The second kappa shape index (κ2) is 7.37. The Bertz CT molecular complexity index is 328. The summed E-state index contributed by atoms with van der Waals surface area (Å²) in [6.45, 7) is 7.06.